The van der Waals surface area contributed by atoms with Gasteiger partial charge in [-0.25, -0.2) is 4.68 Å². The normalized spacial score (nSPS) is 12.9. The topological polar surface area (TPSA) is 46.9 Å². The molecular formula is C21H18F3N3O. The Kier molecular flexibility index (Phi) is 5.63. The first kappa shape index (κ1) is 19.4. The number of aromatic nitrogens is 2. The largest absolute Gasteiger partial charge is 0.416 e. The van der Waals surface area contributed by atoms with Gasteiger partial charge in [0.1, 0.15) is 0 Å². The van der Waals surface area contributed by atoms with Crippen molar-refractivity contribution in [1.82, 2.24) is 15.1 Å². The van der Waals surface area contributed by atoms with Crippen molar-refractivity contribution in [2.45, 2.75) is 19.1 Å². The maximum Gasteiger partial charge on any atom is 0.416 e. The van der Waals surface area contributed by atoms with Crippen LogP contribution in [-0.4, -0.2) is 15.7 Å². The van der Waals surface area contributed by atoms with Crippen LogP contribution in [0.4, 0.5) is 13.2 Å². The maximum atomic E-state index is 12.6. The number of carbonyl (C=O) groups is 1. The summed E-state index contributed by atoms with van der Waals surface area (Å²) in [5.74, 6) is -0.347. The zero-order chi connectivity index (χ0) is 20.1. The van der Waals surface area contributed by atoms with Gasteiger partial charge in [-0.05, 0) is 42.8 Å². The number of rotatable bonds is 5. The summed E-state index contributed by atoms with van der Waals surface area (Å²) in [6.07, 6.45) is 2.04. The molecule has 2 aromatic carbocycles. The van der Waals surface area contributed by atoms with Crippen molar-refractivity contribution in [3.8, 4) is 5.69 Å². The highest BCUT2D eigenvalue weighted by atomic mass is 19.4. The Bertz CT molecular complexity index is 961. The highest BCUT2D eigenvalue weighted by molar-refractivity contribution is 5.91. The van der Waals surface area contributed by atoms with Gasteiger partial charge in [-0.2, -0.15) is 18.3 Å². The average Bonchev–Trinajstić information content (AvgIpc) is 3.15. The molecule has 1 amide bonds. The predicted molar refractivity (Wildman–Crippen MR) is 101 cm³/mol. The number of carbonyl (C=O) groups excluding carboxylic acids is 1. The van der Waals surface area contributed by atoms with Crippen molar-refractivity contribution >= 4 is 12.0 Å². The van der Waals surface area contributed by atoms with Crippen LogP contribution in [0.1, 0.15) is 29.7 Å². The van der Waals surface area contributed by atoms with E-state index in [9.17, 15) is 18.0 Å². The van der Waals surface area contributed by atoms with E-state index in [2.05, 4.69) is 10.4 Å². The molecule has 0 fully saturated rings. The first-order valence-corrected chi connectivity index (χ1v) is 8.59. The molecule has 144 valence electrons. The Hall–Kier alpha value is -3.35. The van der Waals surface area contributed by atoms with Crippen LogP contribution in [0.15, 0.2) is 73.1 Å². The van der Waals surface area contributed by atoms with Gasteiger partial charge in [0.25, 0.3) is 0 Å². The van der Waals surface area contributed by atoms with Gasteiger partial charge in [0.15, 0.2) is 0 Å². The van der Waals surface area contributed by atoms with Crippen molar-refractivity contribution in [2.24, 2.45) is 0 Å². The molecular weight excluding hydrogens is 367 g/mol. The van der Waals surface area contributed by atoms with Gasteiger partial charge in [0.2, 0.25) is 5.91 Å². The van der Waals surface area contributed by atoms with E-state index in [1.165, 1.54) is 18.2 Å². The molecule has 4 nitrogen and oxygen atoms in total. The van der Waals surface area contributed by atoms with Gasteiger partial charge >= 0.3 is 6.18 Å². The monoisotopic (exact) mass is 385 g/mol. The van der Waals surface area contributed by atoms with Gasteiger partial charge in [-0.1, -0.05) is 30.3 Å². The maximum absolute atomic E-state index is 12.6. The average molecular weight is 385 g/mol. The molecule has 1 atom stereocenters. The third kappa shape index (κ3) is 4.88. The first-order valence-electron chi connectivity index (χ1n) is 8.59. The molecule has 1 aromatic heterocycles. The van der Waals surface area contributed by atoms with E-state index in [0.29, 0.717) is 5.56 Å². The van der Waals surface area contributed by atoms with E-state index in [-0.39, 0.29) is 5.91 Å². The second-order valence-electron chi connectivity index (χ2n) is 6.24. The lowest BCUT2D eigenvalue weighted by Gasteiger charge is -2.14. The third-order valence-corrected chi connectivity index (χ3v) is 4.15. The minimum atomic E-state index is -4.38. The summed E-state index contributed by atoms with van der Waals surface area (Å²) in [4.78, 5) is 12.1. The fraction of sp³-hybridized carbons (Fsp3) is 0.143. The van der Waals surface area contributed by atoms with Crippen LogP contribution in [0.25, 0.3) is 11.8 Å². The Balaban J connectivity index is 1.60. The van der Waals surface area contributed by atoms with Gasteiger partial charge in [-0.3, -0.25) is 4.79 Å². The molecule has 0 saturated carbocycles. The minimum Gasteiger partial charge on any atom is -0.346 e. The van der Waals surface area contributed by atoms with Crippen LogP contribution >= 0.6 is 0 Å². The Morgan fingerprint density at radius 2 is 1.79 bits per heavy atom. The molecule has 7 heteroatoms. The van der Waals surface area contributed by atoms with Crippen molar-refractivity contribution in [3.63, 3.8) is 0 Å². The standard InChI is InChI=1S/C21H18F3N3O/c1-15(17-8-10-18(11-9-17)21(22,23)24)26-20(28)12-7-16-13-25-27(14-16)19-5-3-2-4-6-19/h2-15H,1H3,(H,26,28)/b12-7+/t15-/m0/s1. The minimum absolute atomic E-state index is 0.347. The second-order valence-corrected chi connectivity index (χ2v) is 6.24. The van der Waals surface area contributed by atoms with Gasteiger partial charge < -0.3 is 5.32 Å². The number of amides is 1. The SMILES string of the molecule is C[C@H](NC(=O)/C=C/c1cnn(-c2ccccc2)c1)c1ccc(C(F)(F)F)cc1. The number of benzene rings is 2. The van der Waals surface area contributed by atoms with Crippen LogP contribution in [0.5, 0.6) is 0 Å². The number of nitrogens with one attached hydrogen (secondary N) is 1. The summed E-state index contributed by atoms with van der Waals surface area (Å²) in [6.45, 7) is 1.71. The van der Waals surface area contributed by atoms with Crippen LogP contribution in [0, 0.1) is 0 Å². The summed E-state index contributed by atoms with van der Waals surface area (Å²) in [5.41, 5.74) is 1.53. The van der Waals surface area contributed by atoms with Crippen molar-refractivity contribution < 1.29 is 18.0 Å². The number of hydrogen-bond acceptors (Lipinski definition) is 2. The van der Waals surface area contributed by atoms with Crippen LogP contribution in [0.3, 0.4) is 0 Å². The number of halogens is 3. The van der Waals surface area contributed by atoms with E-state index in [4.69, 9.17) is 0 Å². The lowest BCUT2D eigenvalue weighted by molar-refractivity contribution is -0.137. The zero-order valence-electron chi connectivity index (χ0n) is 15.0. The highest BCUT2D eigenvalue weighted by Gasteiger charge is 2.30. The molecule has 1 N–H and O–H groups in total. The van der Waals surface area contributed by atoms with Gasteiger partial charge in [-0.15, -0.1) is 0 Å². The molecule has 0 aliphatic rings. The van der Waals surface area contributed by atoms with Crippen molar-refractivity contribution in [2.75, 3.05) is 0 Å². The number of para-hydroxylation sites is 1. The number of alkyl halides is 3. The fourth-order valence-corrected chi connectivity index (χ4v) is 2.62. The molecule has 0 spiro atoms. The van der Waals surface area contributed by atoms with Crippen molar-refractivity contribution in [1.29, 1.82) is 0 Å². The van der Waals surface area contributed by atoms with Crippen molar-refractivity contribution in [3.05, 3.63) is 89.8 Å². The lowest BCUT2D eigenvalue weighted by atomic mass is 10.1. The smallest absolute Gasteiger partial charge is 0.346 e. The van der Waals surface area contributed by atoms with E-state index >= 15 is 0 Å². The molecule has 0 unspecified atom stereocenters. The summed E-state index contributed by atoms with van der Waals surface area (Å²) in [7, 11) is 0. The number of hydrogen-bond donors (Lipinski definition) is 1. The van der Waals surface area contributed by atoms with E-state index in [1.807, 2.05) is 30.3 Å². The van der Waals surface area contributed by atoms with Crippen LogP contribution in [0.2, 0.25) is 0 Å². The van der Waals surface area contributed by atoms with Gasteiger partial charge in [0.05, 0.1) is 23.5 Å². The van der Waals surface area contributed by atoms with Crippen LogP contribution < -0.4 is 5.32 Å². The molecule has 3 aromatic rings. The second kappa shape index (κ2) is 8.12. The summed E-state index contributed by atoms with van der Waals surface area (Å²) < 4.78 is 39.5. The summed E-state index contributed by atoms with van der Waals surface area (Å²) in [5, 5.41) is 6.97. The molecule has 0 radical (unpaired) electrons. The fourth-order valence-electron chi connectivity index (χ4n) is 2.62. The van der Waals surface area contributed by atoms with E-state index < -0.39 is 17.8 Å². The summed E-state index contributed by atoms with van der Waals surface area (Å²) in [6, 6.07) is 13.9. The predicted octanol–water partition coefficient (Wildman–Crippen LogP) is 4.78. The Labute approximate surface area is 160 Å². The molecule has 0 saturated heterocycles. The Morgan fingerprint density at radius 3 is 2.43 bits per heavy atom. The van der Waals surface area contributed by atoms with Crippen LogP contribution in [-0.2, 0) is 11.0 Å². The third-order valence-electron chi connectivity index (χ3n) is 4.15. The zero-order valence-corrected chi connectivity index (χ0v) is 15.0. The molecule has 1 heterocycles. The summed E-state index contributed by atoms with van der Waals surface area (Å²) >= 11 is 0. The van der Waals surface area contributed by atoms with Gasteiger partial charge in [0, 0.05) is 17.8 Å². The highest BCUT2D eigenvalue weighted by Crippen LogP contribution is 2.29. The quantitative estimate of drug-likeness (QED) is 0.643. The molecule has 3 rings (SSSR count). The lowest BCUT2D eigenvalue weighted by Crippen LogP contribution is -2.24. The Morgan fingerprint density at radius 1 is 1.11 bits per heavy atom. The first-order chi connectivity index (χ1) is 13.3. The van der Waals surface area contributed by atoms with E-state index in [0.717, 1.165) is 23.4 Å². The molecule has 28 heavy (non-hydrogen) atoms. The molecule has 0 bridgehead atoms. The van der Waals surface area contributed by atoms with E-state index in [1.54, 1.807) is 30.1 Å². The molecule has 0 aliphatic heterocycles. The molecule has 0 aliphatic carbocycles. The number of nitrogens with zero attached hydrogens (tertiary/aromatic N) is 2.